The van der Waals surface area contributed by atoms with Gasteiger partial charge in [-0.25, -0.2) is 0 Å². The Morgan fingerprint density at radius 1 is 1.16 bits per heavy atom. The van der Waals surface area contributed by atoms with E-state index in [4.69, 9.17) is 23.2 Å². The smallest absolute Gasteiger partial charge is 0.166 e. The topological polar surface area (TPSA) is 30.7 Å². The highest BCUT2D eigenvalue weighted by atomic mass is 79.9. The van der Waals surface area contributed by atoms with Crippen LogP contribution >= 0.6 is 39.1 Å². The van der Waals surface area contributed by atoms with E-state index in [1.807, 2.05) is 0 Å². The quantitative estimate of drug-likeness (QED) is 0.726. The van der Waals surface area contributed by atoms with Crippen molar-refractivity contribution in [1.29, 1.82) is 0 Å². The van der Waals surface area contributed by atoms with Gasteiger partial charge in [0.15, 0.2) is 4.60 Å². The minimum absolute atomic E-state index is 0.102. The lowest BCUT2D eigenvalue weighted by Gasteiger charge is -2.11. The molecule has 0 bridgehead atoms. The Balaban J connectivity index is 2.60. The first-order valence-corrected chi connectivity index (χ1v) is 6.41. The monoisotopic (exact) mass is 373 g/mol. The van der Waals surface area contributed by atoms with Crippen molar-refractivity contribution in [2.45, 2.75) is 13.1 Å². The molecule has 1 aromatic carbocycles. The van der Waals surface area contributed by atoms with Gasteiger partial charge in [-0.15, -0.1) is 9.90 Å². The predicted octanol–water partition coefficient (Wildman–Crippen LogP) is 4.66. The fourth-order valence-corrected chi connectivity index (χ4v) is 2.25. The summed E-state index contributed by atoms with van der Waals surface area (Å²) in [5, 5.41) is 7.61. The van der Waals surface area contributed by atoms with Crippen LogP contribution in [0.25, 0.3) is 5.69 Å². The first-order chi connectivity index (χ1) is 8.70. The van der Waals surface area contributed by atoms with Crippen molar-refractivity contribution >= 4 is 39.1 Å². The van der Waals surface area contributed by atoms with Crippen molar-refractivity contribution in [2.75, 3.05) is 0 Å². The lowest BCUT2D eigenvalue weighted by molar-refractivity contribution is -0.137. The highest BCUT2D eigenvalue weighted by Crippen LogP contribution is 2.37. The third kappa shape index (κ3) is 2.88. The van der Waals surface area contributed by atoms with Gasteiger partial charge in [0.1, 0.15) is 5.69 Å². The fraction of sp³-hybridized carbons (Fsp3) is 0.200. The second-order valence-corrected chi connectivity index (χ2v) is 5.22. The molecule has 0 atom stereocenters. The maximum atomic E-state index is 12.6. The van der Waals surface area contributed by atoms with E-state index in [-0.39, 0.29) is 15.7 Å². The highest BCUT2D eigenvalue weighted by Gasteiger charge is 2.32. The molecule has 0 saturated heterocycles. The SMILES string of the molecule is Cc1nn(-c2c(Cl)cc(C(F)(F)F)cc2Cl)nc1Br. The standard InChI is InChI=1S/C10H5BrCl2F3N3/c1-4-9(11)18-19(17-4)8-6(12)2-5(3-7(8)13)10(14,15)16/h2-3H,1H3. The van der Waals surface area contributed by atoms with Crippen molar-refractivity contribution in [1.82, 2.24) is 15.0 Å². The molecule has 9 heteroatoms. The van der Waals surface area contributed by atoms with Crippen molar-refractivity contribution in [3.63, 3.8) is 0 Å². The maximum absolute atomic E-state index is 12.6. The molecule has 0 unspecified atom stereocenters. The number of rotatable bonds is 1. The number of aryl methyl sites for hydroxylation is 1. The minimum Gasteiger partial charge on any atom is -0.166 e. The van der Waals surface area contributed by atoms with E-state index in [1.54, 1.807) is 6.92 Å². The van der Waals surface area contributed by atoms with Crippen LogP contribution in [0.3, 0.4) is 0 Å². The normalized spacial score (nSPS) is 11.9. The van der Waals surface area contributed by atoms with Crippen LogP contribution in [0, 0.1) is 6.92 Å². The fourth-order valence-electron chi connectivity index (χ4n) is 1.38. The van der Waals surface area contributed by atoms with Gasteiger partial charge in [0.05, 0.1) is 21.3 Å². The molecule has 0 N–H and O–H groups in total. The third-order valence-electron chi connectivity index (χ3n) is 2.27. The van der Waals surface area contributed by atoms with Crippen LogP contribution in [0.1, 0.15) is 11.3 Å². The van der Waals surface area contributed by atoms with E-state index in [0.717, 1.165) is 16.9 Å². The summed E-state index contributed by atoms with van der Waals surface area (Å²) in [6.07, 6.45) is -4.51. The van der Waals surface area contributed by atoms with Crippen molar-refractivity contribution in [3.05, 3.63) is 38.0 Å². The molecule has 1 heterocycles. The molecule has 19 heavy (non-hydrogen) atoms. The molecule has 0 radical (unpaired) electrons. The molecule has 1 aromatic heterocycles. The lowest BCUT2D eigenvalue weighted by atomic mass is 10.2. The van der Waals surface area contributed by atoms with Crippen LogP contribution in [-0.2, 0) is 6.18 Å². The zero-order chi connectivity index (χ0) is 14.4. The van der Waals surface area contributed by atoms with Crippen LogP contribution in [0.5, 0.6) is 0 Å². The van der Waals surface area contributed by atoms with Crippen molar-refractivity contribution in [3.8, 4) is 5.69 Å². The second kappa shape index (κ2) is 4.96. The number of aromatic nitrogens is 3. The number of halogens is 6. The van der Waals surface area contributed by atoms with Gasteiger partial charge in [0, 0.05) is 0 Å². The van der Waals surface area contributed by atoms with Gasteiger partial charge in [-0.1, -0.05) is 23.2 Å². The van der Waals surface area contributed by atoms with E-state index in [0.29, 0.717) is 10.3 Å². The second-order valence-electron chi connectivity index (χ2n) is 3.65. The molecule has 0 amide bonds. The molecule has 2 rings (SSSR count). The number of hydrogen-bond acceptors (Lipinski definition) is 2. The van der Waals surface area contributed by atoms with Gasteiger partial charge >= 0.3 is 6.18 Å². The first-order valence-electron chi connectivity index (χ1n) is 4.86. The van der Waals surface area contributed by atoms with Gasteiger partial charge in [-0.2, -0.15) is 18.3 Å². The summed E-state index contributed by atoms with van der Waals surface area (Å²) in [5.41, 5.74) is -0.258. The predicted molar refractivity (Wildman–Crippen MR) is 68.8 cm³/mol. The first kappa shape index (κ1) is 14.6. The van der Waals surface area contributed by atoms with Crippen LogP contribution in [0.2, 0.25) is 10.0 Å². The Kier molecular flexibility index (Phi) is 3.81. The van der Waals surface area contributed by atoms with Crippen LogP contribution in [0.15, 0.2) is 16.7 Å². The highest BCUT2D eigenvalue weighted by molar-refractivity contribution is 9.10. The number of nitrogens with zero attached hydrogens (tertiary/aromatic N) is 3. The van der Waals surface area contributed by atoms with Gasteiger partial charge < -0.3 is 0 Å². The molecule has 0 fully saturated rings. The van der Waals surface area contributed by atoms with Crippen LogP contribution in [-0.4, -0.2) is 15.0 Å². The molecule has 3 nitrogen and oxygen atoms in total. The lowest BCUT2D eigenvalue weighted by Crippen LogP contribution is -2.07. The molecule has 0 aliphatic heterocycles. The summed E-state index contributed by atoms with van der Waals surface area (Å²) >= 11 is 14.8. The Labute approximate surface area is 124 Å². The van der Waals surface area contributed by atoms with E-state index in [2.05, 4.69) is 26.1 Å². The summed E-state index contributed by atoms with van der Waals surface area (Å²) in [6.45, 7) is 1.68. The van der Waals surface area contributed by atoms with Gasteiger partial charge in [-0.3, -0.25) is 0 Å². The molecule has 0 aliphatic rings. The molecule has 102 valence electrons. The Morgan fingerprint density at radius 3 is 2.05 bits per heavy atom. The summed E-state index contributed by atoms with van der Waals surface area (Å²) in [7, 11) is 0. The molecule has 0 spiro atoms. The van der Waals surface area contributed by atoms with E-state index in [1.165, 1.54) is 0 Å². The van der Waals surface area contributed by atoms with Gasteiger partial charge in [0.2, 0.25) is 0 Å². The van der Waals surface area contributed by atoms with Crippen molar-refractivity contribution in [2.24, 2.45) is 0 Å². The average molecular weight is 375 g/mol. The maximum Gasteiger partial charge on any atom is 0.416 e. The Bertz CT molecular complexity index is 597. The average Bonchev–Trinajstić information content (AvgIpc) is 2.56. The molecular weight excluding hydrogens is 370 g/mol. The largest absolute Gasteiger partial charge is 0.416 e. The molecule has 2 aromatic rings. The number of alkyl halides is 3. The van der Waals surface area contributed by atoms with Crippen LogP contribution < -0.4 is 0 Å². The summed E-state index contributed by atoms with van der Waals surface area (Å²) in [5.74, 6) is 0. The zero-order valence-corrected chi connectivity index (χ0v) is 12.4. The third-order valence-corrected chi connectivity index (χ3v) is 3.58. The zero-order valence-electron chi connectivity index (χ0n) is 9.26. The Morgan fingerprint density at radius 2 is 1.68 bits per heavy atom. The summed E-state index contributed by atoms with van der Waals surface area (Å²) in [6, 6.07) is 1.57. The van der Waals surface area contributed by atoms with Crippen LogP contribution in [0.4, 0.5) is 13.2 Å². The molecule has 0 aliphatic carbocycles. The van der Waals surface area contributed by atoms with E-state index >= 15 is 0 Å². The summed E-state index contributed by atoms with van der Waals surface area (Å²) < 4.78 is 38.2. The molecule has 0 saturated carbocycles. The van der Waals surface area contributed by atoms with Gasteiger partial charge in [0.25, 0.3) is 0 Å². The summed E-state index contributed by atoms with van der Waals surface area (Å²) in [4.78, 5) is 1.09. The number of benzene rings is 1. The van der Waals surface area contributed by atoms with E-state index in [9.17, 15) is 13.2 Å². The minimum atomic E-state index is -4.51. The van der Waals surface area contributed by atoms with Crippen molar-refractivity contribution < 1.29 is 13.2 Å². The Hall–Kier alpha value is -0.790. The van der Waals surface area contributed by atoms with Gasteiger partial charge in [-0.05, 0) is 35.0 Å². The number of hydrogen-bond donors (Lipinski definition) is 0. The van der Waals surface area contributed by atoms with E-state index < -0.39 is 11.7 Å². The molecular formula is C10H5BrCl2F3N3.